The summed E-state index contributed by atoms with van der Waals surface area (Å²) >= 11 is 0. The summed E-state index contributed by atoms with van der Waals surface area (Å²) < 4.78 is 29.3. The van der Waals surface area contributed by atoms with Crippen molar-refractivity contribution in [3.63, 3.8) is 0 Å². The number of hydrogen-bond acceptors (Lipinski definition) is 7. The third-order valence-electron chi connectivity index (χ3n) is 8.10. The van der Waals surface area contributed by atoms with Crippen LogP contribution in [0.2, 0.25) is 0 Å². The van der Waals surface area contributed by atoms with E-state index in [0.717, 1.165) is 96.0 Å². The van der Waals surface area contributed by atoms with Crippen molar-refractivity contribution in [1.29, 1.82) is 0 Å². The molecular weight excluding hydrogens is 508 g/mol. The van der Waals surface area contributed by atoms with Gasteiger partial charge in [0.1, 0.15) is 6.10 Å². The van der Waals surface area contributed by atoms with Crippen LogP contribution in [0.15, 0.2) is 24.0 Å². The summed E-state index contributed by atoms with van der Waals surface area (Å²) in [5, 5.41) is 0. The molecule has 0 amide bonds. The molecule has 7 nitrogen and oxygen atoms in total. The fourth-order valence-electron chi connectivity index (χ4n) is 5.72. The number of carbonyl (C=O) groups is 2. The molecule has 2 aliphatic heterocycles. The van der Waals surface area contributed by atoms with Crippen LogP contribution in [0.3, 0.4) is 0 Å². The molecule has 3 rings (SSSR count). The fourth-order valence-corrected chi connectivity index (χ4v) is 5.72. The number of unbranched alkanes of at least 4 members (excludes halogenated alkanes) is 1. The normalized spacial score (nSPS) is 26.2. The van der Waals surface area contributed by atoms with E-state index in [-0.39, 0.29) is 36.4 Å². The van der Waals surface area contributed by atoms with E-state index < -0.39 is 11.8 Å². The summed E-state index contributed by atoms with van der Waals surface area (Å²) in [7, 11) is 0. The van der Waals surface area contributed by atoms with Crippen LogP contribution in [-0.4, -0.2) is 50.3 Å². The predicted octanol–water partition coefficient (Wildman–Crippen LogP) is 7.57. The summed E-state index contributed by atoms with van der Waals surface area (Å²) in [6.07, 6.45) is 20.3. The highest BCUT2D eigenvalue weighted by atomic mass is 16.7. The van der Waals surface area contributed by atoms with Crippen molar-refractivity contribution in [2.75, 3.05) is 19.8 Å². The van der Waals surface area contributed by atoms with E-state index in [0.29, 0.717) is 13.0 Å². The number of rotatable bonds is 17. The Morgan fingerprint density at radius 1 is 0.875 bits per heavy atom. The van der Waals surface area contributed by atoms with Crippen LogP contribution in [0.1, 0.15) is 124 Å². The van der Waals surface area contributed by atoms with Gasteiger partial charge in [-0.2, -0.15) is 0 Å². The van der Waals surface area contributed by atoms with Crippen molar-refractivity contribution in [2.45, 2.75) is 142 Å². The van der Waals surface area contributed by atoms with Gasteiger partial charge in [0.2, 0.25) is 5.78 Å². The molecule has 4 atom stereocenters. The lowest BCUT2D eigenvalue weighted by molar-refractivity contribution is -0.161. The van der Waals surface area contributed by atoms with Crippen LogP contribution in [0.25, 0.3) is 0 Å². The van der Waals surface area contributed by atoms with Gasteiger partial charge < -0.3 is 23.7 Å². The monoisotopic (exact) mass is 562 g/mol. The van der Waals surface area contributed by atoms with Gasteiger partial charge in [0.15, 0.2) is 12.6 Å². The van der Waals surface area contributed by atoms with Crippen LogP contribution in [0.4, 0.5) is 0 Å². The Morgan fingerprint density at radius 3 is 2.30 bits per heavy atom. The predicted molar refractivity (Wildman–Crippen MR) is 155 cm³/mol. The molecule has 7 heteroatoms. The Morgan fingerprint density at radius 2 is 1.60 bits per heavy atom. The lowest BCUT2D eigenvalue weighted by atomic mass is 9.82. The number of Topliss-reactive ketones (excluding diaryl/α,β-unsaturated/α-hetero) is 1. The lowest BCUT2D eigenvalue weighted by Crippen LogP contribution is -2.27. The summed E-state index contributed by atoms with van der Waals surface area (Å²) in [5.74, 6) is -0.168. The number of ether oxygens (including phenoxy) is 5. The molecule has 0 aromatic heterocycles. The van der Waals surface area contributed by atoms with Gasteiger partial charge in [-0.25, -0.2) is 4.79 Å². The highest BCUT2D eigenvalue weighted by Gasteiger charge is 2.33. The Labute approximate surface area is 242 Å². The van der Waals surface area contributed by atoms with Crippen LogP contribution in [0.5, 0.6) is 0 Å². The van der Waals surface area contributed by atoms with Gasteiger partial charge in [-0.15, -0.1) is 0 Å². The second-order valence-electron chi connectivity index (χ2n) is 12.4. The van der Waals surface area contributed by atoms with Crippen LogP contribution in [0, 0.1) is 11.3 Å². The maximum Gasteiger partial charge on any atom is 0.374 e. The average Bonchev–Trinajstić information content (AvgIpc) is 3.38. The van der Waals surface area contributed by atoms with Gasteiger partial charge in [0, 0.05) is 31.8 Å². The van der Waals surface area contributed by atoms with E-state index in [1.165, 1.54) is 12.8 Å². The number of ketones is 1. The molecule has 3 fully saturated rings. The smallest absolute Gasteiger partial charge is 0.374 e. The second kappa shape index (κ2) is 18.0. The Hall–Kier alpha value is -1.70. The Bertz CT molecular complexity index is 806. The summed E-state index contributed by atoms with van der Waals surface area (Å²) in [4.78, 5) is 25.1. The van der Waals surface area contributed by atoms with Crippen molar-refractivity contribution in [2.24, 2.45) is 11.3 Å². The summed E-state index contributed by atoms with van der Waals surface area (Å²) in [6, 6.07) is 0. The van der Waals surface area contributed by atoms with Crippen LogP contribution >= 0.6 is 0 Å². The van der Waals surface area contributed by atoms with Gasteiger partial charge in [0.25, 0.3) is 0 Å². The first-order chi connectivity index (χ1) is 19.4. The minimum atomic E-state index is -0.710. The topological polar surface area (TPSA) is 80.3 Å². The largest absolute Gasteiger partial charge is 0.470 e. The molecule has 0 bridgehead atoms. The molecule has 3 aliphatic rings. The Kier molecular flexibility index (Phi) is 14.7. The average molecular weight is 563 g/mol. The number of carbonyl (C=O) groups excluding carboxylic acids is 2. The highest BCUT2D eigenvalue weighted by Crippen LogP contribution is 2.36. The fraction of sp³-hybridized carbons (Fsp3) is 0.818. The zero-order chi connectivity index (χ0) is 28.6. The maximum absolute atomic E-state index is 12.6. The van der Waals surface area contributed by atoms with Crippen molar-refractivity contribution < 1.29 is 33.3 Å². The molecule has 0 aromatic carbocycles. The molecule has 2 heterocycles. The van der Waals surface area contributed by atoms with Gasteiger partial charge in [-0.05, 0) is 82.1 Å². The molecule has 2 saturated heterocycles. The van der Waals surface area contributed by atoms with Crippen molar-refractivity contribution in [3.05, 3.63) is 24.0 Å². The van der Waals surface area contributed by atoms with Crippen molar-refractivity contribution >= 4 is 11.8 Å². The molecule has 0 spiro atoms. The zero-order valence-electron chi connectivity index (χ0n) is 25.3. The van der Waals surface area contributed by atoms with E-state index in [1.807, 2.05) is 12.2 Å². The first-order valence-corrected chi connectivity index (χ1v) is 16.0. The lowest BCUT2D eigenvalue weighted by Gasteiger charge is -2.31. The number of esters is 1. The van der Waals surface area contributed by atoms with Gasteiger partial charge in [-0.1, -0.05) is 45.8 Å². The minimum absolute atomic E-state index is 0.0605. The molecule has 0 aromatic rings. The number of allylic oxidation sites excluding steroid dienone is 2. The summed E-state index contributed by atoms with van der Waals surface area (Å²) in [5.41, 5.74) is 0.112. The SMILES string of the molecule is CCCCC(C)(C)CC(=C[C@H]1CCC[C@@H]1OC(=O)C(=O)CCC=CCCOC1CCCCO1)OC1CCCCO1. The van der Waals surface area contributed by atoms with Gasteiger partial charge in [-0.3, -0.25) is 4.79 Å². The summed E-state index contributed by atoms with van der Waals surface area (Å²) in [6.45, 7) is 8.91. The third kappa shape index (κ3) is 12.4. The molecular formula is C33H54O7. The Balaban J connectivity index is 1.46. The number of hydrogen-bond donors (Lipinski definition) is 0. The highest BCUT2D eigenvalue weighted by molar-refractivity contribution is 6.33. The third-order valence-corrected chi connectivity index (χ3v) is 8.10. The quantitative estimate of drug-likeness (QED) is 0.0594. The molecule has 0 radical (unpaired) electrons. The van der Waals surface area contributed by atoms with E-state index >= 15 is 0 Å². The van der Waals surface area contributed by atoms with Crippen molar-refractivity contribution in [1.82, 2.24) is 0 Å². The first-order valence-electron chi connectivity index (χ1n) is 16.0. The van der Waals surface area contributed by atoms with Crippen molar-refractivity contribution in [3.8, 4) is 0 Å². The van der Waals surface area contributed by atoms with E-state index in [4.69, 9.17) is 23.7 Å². The maximum atomic E-state index is 12.6. The molecule has 1 aliphatic carbocycles. The zero-order valence-corrected chi connectivity index (χ0v) is 25.3. The van der Waals surface area contributed by atoms with Crippen LogP contribution in [-0.2, 0) is 33.3 Å². The minimum Gasteiger partial charge on any atom is -0.470 e. The molecule has 2 unspecified atom stereocenters. The molecule has 228 valence electrons. The van der Waals surface area contributed by atoms with Crippen LogP contribution < -0.4 is 0 Å². The van der Waals surface area contributed by atoms with E-state index in [9.17, 15) is 9.59 Å². The van der Waals surface area contributed by atoms with E-state index in [2.05, 4.69) is 26.8 Å². The molecule has 0 N–H and O–H groups in total. The van der Waals surface area contributed by atoms with Gasteiger partial charge >= 0.3 is 5.97 Å². The molecule has 1 saturated carbocycles. The second-order valence-corrected chi connectivity index (χ2v) is 12.4. The standard InChI is InChI=1S/C33H54O7/c1-4-5-20-33(2,3)25-27(39-31-19-10-13-23-38-31)24-26-15-14-17-29(26)40-32(35)28(34)16-8-6-7-11-21-36-30-18-9-12-22-37-30/h6-7,24,26,29-31H,4-5,8-23,25H2,1-3H3/t26-,29+,30?,31?/m1/s1. The van der Waals surface area contributed by atoms with Gasteiger partial charge in [0.05, 0.1) is 19.0 Å². The first kappa shape index (κ1) is 32.8. The molecule has 40 heavy (non-hydrogen) atoms. The van der Waals surface area contributed by atoms with E-state index in [1.54, 1.807) is 0 Å².